The molecule has 0 aliphatic carbocycles. The summed E-state index contributed by atoms with van der Waals surface area (Å²) in [5.41, 5.74) is 0. The molecule has 0 unspecified atom stereocenters. The molecule has 0 aliphatic rings. The van der Waals surface area contributed by atoms with Crippen LogP contribution in [0.25, 0.3) is 0 Å². The van der Waals surface area contributed by atoms with Gasteiger partial charge in [0.05, 0.1) is 12.4 Å². The van der Waals surface area contributed by atoms with Crippen LogP contribution in [0.5, 0.6) is 11.5 Å². The molecule has 7 nitrogen and oxygen atoms in total. The standard InChI is InChI=1S/C15H16N4O3S/c1-12-17-18-15(23-12)11-21-14-5-3-13(4-6-14)20-9-10-22-19-8-2-7-16-19/h2-8H,9-11H2,1H3. The summed E-state index contributed by atoms with van der Waals surface area (Å²) in [6, 6.07) is 9.22. The Labute approximate surface area is 137 Å². The van der Waals surface area contributed by atoms with E-state index in [9.17, 15) is 0 Å². The van der Waals surface area contributed by atoms with E-state index in [-0.39, 0.29) is 0 Å². The fourth-order valence-electron chi connectivity index (χ4n) is 1.79. The van der Waals surface area contributed by atoms with E-state index in [1.54, 1.807) is 18.5 Å². The van der Waals surface area contributed by atoms with E-state index in [1.165, 1.54) is 16.2 Å². The summed E-state index contributed by atoms with van der Waals surface area (Å²) >= 11 is 1.53. The molecule has 8 heteroatoms. The monoisotopic (exact) mass is 332 g/mol. The zero-order valence-corrected chi connectivity index (χ0v) is 13.4. The molecule has 120 valence electrons. The highest BCUT2D eigenvalue weighted by Gasteiger charge is 2.02. The number of rotatable bonds is 8. The highest BCUT2D eigenvalue weighted by atomic mass is 32.1. The summed E-state index contributed by atoms with van der Waals surface area (Å²) in [7, 11) is 0. The van der Waals surface area contributed by atoms with Gasteiger partial charge in [0.15, 0.2) is 11.6 Å². The highest BCUT2D eigenvalue weighted by molar-refractivity contribution is 7.11. The molecule has 0 spiro atoms. The number of hydrogen-bond donors (Lipinski definition) is 0. The average molecular weight is 332 g/mol. The molecule has 3 aromatic rings. The predicted molar refractivity (Wildman–Crippen MR) is 84.6 cm³/mol. The summed E-state index contributed by atoms with van der Waals surface area (Å²) in [5, 5.41) is 13.7. The molecule has 3 rings (SSSR count). The summed E-state index contributed by atoms with van der Waals surface area (Å²) in [5.74, 6) is 1.52. The SMILES string of the molecule is Cc1nnc(COc2ccc(OCCOn3cccn3)cc2)s1. The molecule has 0 amide bonds. The van der Waals surface area contributed by atoms with Crippen LogP contribution in [0, 0.1) is 6.92 Å². The molecular weight excluding hydrogens is 316 g/mol. The van der Waals surface area contributed by atoms with Crippen molar-refractivity contribution in [1.82, 2.24) is 20.1 Å². The smallest absolute Gasteiger partial charge is 0.155 e. The topological polar surface area (TPSA) is 71.3 Å². The molecule has 0 fully saturated rings. The molecule has 1 aromatic carbocycles. The van der Waals surface area contributed by atoms with Gasteiger partial charge < -0.3 is 14.3 Å². The van der Waals surface area contributed by atoms with E-state index in [4.69, 9.17) is 14.3 Å². The van der Waals surface area contributed by atoms with Gasteiger partial charge in [0.1, 0.15) is 29.7 Å². The molecule has 0 bridgehead atoms. The van der Waals surface area contributed by atoms with Crippen LogP contribution in [0.3, 0.4) is 0 Å². The maximum Gasteiger partial charge on any atom is 0.155 e. The minimum absolute atomic E-state index is 0.413. The molecule has 0 atom stereocenters. The number of ether oxygens (including phenoxy) is 2. The van der Waals surface area contributed by atoms with Gasteiger partial charge in [-0.25, -0.2) is 0 Å². The van der Waals surface area contributed by atoms with E-state index in [2.05, 4.69) is 15.3 Å². The first-order valence-electron chi connectivity index (χ1n) is 7.07. The second kappa shape index (κ2) is 7.59. The Kier molecular flexibility index (Phi) is 5.05. The minimum atomic E-state index is 0.413. The molecule has 0 aliphatic heterocycles. The van der Waals surface area contributed by atoms with Crippen LogP contribution >= 0.6 is 11.3 Å². The third-order valence-corrected chi connectivity index (χ3v) is 3.62. The first-order valence-corrected chi connectivity index (χ1v) is 7.89. The van der Waals surface area contributed by atoms with E-state index in [0.717, 1.165) is 21.5 Å². The quantitative estimate of drug-likeness (QED) is 0.589. The maximum absolute atomic E-state index is 5.65. The normalized spacial score (nSPS) is 10.5. The van der Waals surface area contributed by atoms with E-state index < -0.39 is 0 Å². The molecular formula is C15H16N4O3S. The second-order valence-electron chi connectivity index (χ2n) is 4.57. The van der Waals surface area contributed by atoms with Gasteiger partial charge >= 0.3 is 0 Å². The molecule has 0 saturated heterocycles. The van der Waals surface area contributed by atoms with Gasteiger partial charge in [0, 0.05) is 0 Å². The third-order valence-electron chi connectivity index (χ3n) is 2.81. The van der Waals surface area contributed by atoms with Crippen molar-refractivity contribution in [2.45, 2.75) is 13.5 Å². The average Bonchev–Trinajstić information content (AvgIpc) is 3.22. The van der Waals surface area contributed by atoms with Crippen molar-refractivity contribution in [3.05, 3.63) is 52.7 Å². The van der Waals surface area contributed by atoms with Crippen molar-refractivity contribution in [1.29, 1.82) is 0 Å². The van der Waals surface area contributed by atoms with Crippen molar-refractivity contribution in [2.24, 2.45) is 0 Å². The van der Waals surface area contributed by atoms with Crippen LogP contribution in [0.2, 0.25) is 0 Å². The van der Waals surface area contributed by atoms with E-state index in [1.807, 2.05) is 31.2 Å². The van der Waals surface area contributed by atoms with Gasteiger partial charge in [-0.15, -0.1) is 20.1 Å². The maximum atomic E-state index is 5.65. The van der Waals surface area contributed by atoms with Crippen molar-refractivity contribution in [3.8, 4) is 11.5 Å². The van der Waals surface area contributed by atoms with Crippen LogP contribution in [0.1, 0.15) is 10.0 Å². The van der Waals surface area contributed by atoms with Gasteiger partial charge in [-0.2, -0.15) is 0 Å². The van der Waals surface area contributed by atoms with Gasteiger partial charge in [-0.1, -0.05) is 11.3 Å². The fourth-order valence-corrected chi connectivity index (χ4v) is 2.42. The van der Waals surface area contributed by atoms with Gasteiger partial charge in [0.25, 0.3) is 0 Å². The lowest BCUT2D eigenvalue weighted by atomic mass is 10.3. The molecule has 0 N–H and O–H groups in total. The number of aryl methyl sites for hydroxylation is 1. The zero-order chi connectivity index (χ0) is 15.9. The first-order chi connectivity index (χ1) is 11.3. The van der Waals surface area contributed by atoms with Crippen LogP contribution in [0.15, 0.2) is 42.7 Å². The Morgan fingerprint density at radius 3 is 2.48 bits per heavy atom. The Morgan fingerprint density at radius 2 is 1.83 bits per heavy atom. The third kappa shape index (κ3) is 4.68. The Balaban J connectivity index is 1.40. The highest BCUT2D eigenvalue weighted by Crippen LogP contribution is 2.19. The van der Waals surface area contributed by atoms with Crippen molar-refractivity contribution >= 4 is 11.3 Å². The molecule has 23 heavy (non-hydrogen) atoms. The number of aromatic nitrogens is 4. The number of nitrogens with zero attached hydrogens (tertiary/aromatic N) is 4. The Hall–Kier alpha value is -2.61. The van der Waals surface area contributed by atoms with Crippen molar-refractivity contribution in [2.75, 3.05) is 13.2 Å². The number of benzene rings is 1. The molecule has 0 radical (unpaired) electrons. The predicted octanol–water partition coefficient (Wildman–Crippen LogP) is 2.13. The van der Waals surface area contributed by atoms with Crippen molar-refractivity contribution < 1.29 is 14.3 Å². The Bertz CT molecular complexity index is 713. The van der Waals surface area contributed by atoms with Crippen LogP contribution in [-0.4, -0.2) is 33.4 Å². The zero-order valence-electron chi connectivity index (χ0n) is 12.6. The van der Waals surface area contributed by atoms with Crippen LogP contribution in [-0.2, 0) is 6.61 Å². The lowest BCUT2D eigenvalue weighted by Crippen LogP contribution is -2.18. The minimum Gasteiger partial charge on any atom is -0.490 e. The second-order valence-corrected chi connectivity index (χ2v) is 5.83. The lowest BCUT2D eigenvalue weighted by molar-refractivity contribution is 0.0596. The molecule has 2 heterocycles. The fraction of sp³-hybridized carbons (Fsp3) is 0.267. The summed E-state index contributed by atoms with van der Waals surface area (Å²) in [6.07, 6.45) is 3.38. The van der Waals surface area contributed by atoms with E-state index in [0.29, 0.717) is 19.8 Å². The van der Waals surface area contributed by atoms with Crippen LogP contribution < -0.4 is 14.3 Å². The molecule has 0 saturated carbocycles. The summed E-state index contributed by atoms with van der Waals surface area (Å²) in [4.78, 5) is 6.72. The Morgan fingerprint density at radius 1 is 1.04 bits per heavy atom. The van der Waals surface area contributed by atoms with Gasteiger partial charge in [0.2, 0.25) is 0 Å². The van der Waals surface area contributed by atoms with Crippen molar-refractivity contribution in [3.63, 3.8) is 0 Å². The van der Waals surface area contributed by atoms with Gasteiger partial charge in [-0.3, -0.25) is 0 Å². The largest absolute Gasteiger partial charge is 0.490 e. The summed E-state index contributed by atoms with van der Waals surface area (Å²) in [6.45, 7) is 3.19. The van der Waals surface area contributed by atoms with E-state index >= 15 is 0 Å². The first kappa shape index (κ1) is 15.3. The van der Waals surface area contributed by atoms with Crippen LogP contribution in [0.4, 0.5) is 0 Å². The number of hydrogen-bond acceptors (Lipinski definition) is 7. The van der Waals surface area contributed by atoms with Gasteiger partial charge in [-0.05, 0) is 37.3 Å². The molecule has 2 aromatic heterocycles. The lowest BCUT2D eigenvalue weighted by Gasteiger charge is -2.08. The summed E-state index contributed by atoms with van der Waals surface area (Å²) < 4.78 is 11.2.